The van der Waals surface area contributed by atoms with Gasteiger partial charge in [0.25, 0.3) is 0 Å². The summed E-state index contributed by atoms with van der Waals surface area (Å²) in [5, 5.41) is 14.4. The summed E-state index contributed by atoms with van der Waals surface area (Å²) < 4.78 is 1.03. The number of halogens is 1. The first-order valence-electron chi connectivity index (χ1n) is 5.93. The number of aromatic nitrogens is 1. The topological polar surface area (TPSA) is 88.2 Å². The van der Waals surface area contributed by atoms with Gasteiger partial charge in [0.1, 0.15) is 6.04 Å². The number of carboxylic acid groups (broad SMARTS) is 1. The number of anilines is 1. The zero-order valence-electron chi connectivity index (χ0n) is 10.7. The molecule has 2 aromatic rings. The highest BCUT2D eigenvalue weighted by Gasteiger charge is 2.18. The third-order valence-electron chi connectivity index (χ3n) is 2.82. The molecule has 4 N–H and O–H groups in total. The van der Waals surface area contributed by atoms with Gasteiger partial charge in [-0.1, -0.05) is 28.1 Å². The van der Waals surface area contributed by atoms with Crippen LogP contribution in [0.5, 0.6) is 0 Å². The smallest absolute Gasteiger partial charge is 0.326 e. The summed E-state index contributed by atoms with van der Waals surface area (Å²) in [6.07, 6.45) is 0. The first-order valence-corrected chi connectivity index (χ1v) is 7.60. The molecular weight excluding hydrogens is 342 g/mol. The monoisotopic (exact) mass is 355 g/mol. The highest BCUT2D eigenvalue weighted by Crippen LogP contribution is 2.25. The second kappa shape index (κ2) is 6.34. The minimum Gasteiger partial charge on any atom is -0.480 e. The molecule has 1 aromatic heterocycles. The van der Waals surface area contributed by atoms with Crippen molar-refractivity contribution in [3.63, 3.8) is 0 Å². The standard InChI is InChI=1S/C13H14BrN3O2S/c1-7(8-2-4-9(14)5-3-8)16-13-17-10(6-20-13)11(15)12(18)19/h2-7,11H,15H2,1H3,(H,16,17)(H,18,19). The van der Waals surface area contributed by atoms with Gasteiger partial charge in [-0.05, 0) is 24.6 Å². The van der Waals surface area contributed by atoms with Gasteiger partial charge in [-0.3, -0.25) is 4.79 Å². The van der Waals surface area contributed by atoms with Gasteiger partial charge in [0.05, 0.1) is 11.7 Å². The number of benzene rings is 1. The van der Waals surface area contributed by atoms with E-state index in [2.05, 4.69) is 26.2 Å². The van der Waals surface area contributed by atoms with E-state index in [1.54, 1.807) is 5.38 Å². The number of nitrogens with zero attached hydrogens (tertiary/aromatic N) is 1. The van der Waals surface area contributed by atoms with Crippen LogP contribution in [-0.4, -0.2) is 16.1 Å². The molecule has 0 bridgehead atoms. The van der Waals surface area contributed by atoms with Gasteiger partial charge in [-0.2, -0.15) is 0 Å². The lowest BCUT2D eigenvalue weighted by molar-refractivity contribution is -0.138. The van der Waals surface area contributed by atoms with Gasteiger partial charge in [0, 0.05) is 9.85 Å². The highest BCUT2D eigenvalue weighted by molar-refractivity contribution is 9.10. The molecule has 0 saturated carbocycles. The lowest BCUT2D eigenvalue weighted by Gasteiger charge is -2.13. The van der Waals surface area contributed by atoms with Crippen LogP contribution in [0.2, 0.25) is 0 Å². The molecule has 5 nitrogen and oxygen atoms in total. The van der Waals surface area contributed by atoms with E-state index in [0.717, 1.165) is 10.0 Å². The number of nitrogens with two attached hydrogens (primary N) is 1. The minimum atomic E-state index is -1.08. The van der Waals surface area contributed by atoms with Gasteiger partial charge < -0.3 is 16.2 Å². The Morgan fingerprint density at radius 1 is 1.45 bits per heavy atom. The summed E-state index contributed by atoms with van der Waals surface area (Å²) in [4.78, 5) is 15.0. The number of nitrogens with one attached hydrogen (secondary N) is 1. The molecule has 0 fully saturated rings. The van der Waals surface area contributed by atoms with Crippen molar-refractivity contribution in [2.45, 2.75) is 19.0 Å². The molecule has 2 rings (SSSR count). The fourth-order valence-electron chi connectivity index (χ4n) is 1.64. The lowest BCUT2D eigenvalue weighted by Crippen LogP contribution is -2.21. The Morgan fingerprint density at radius 3 is 2.70 bits per heavy atom. The number of rotatable bonds is 5. The van der Waals surface area contributed by atoms with Crippen LogP contribution in [0.15, 0.2) is 34.1 Å². The third kappa shape index (κ3) is 3.56. The van der Waals surface area contributed by atoms with Crippen molar-refractivity contribution in [2.75, 3.05) is 5.32 Å². The van der Waals surface area contributed by atoms with E-state index in [0.29, 0.717) is 10.8 Å². The molecule has 106 valence electrons. The summed E-state index contributed by atoms with van der Waals surface area (Å²) >= 11 is 4.74. The third-order valence-corrected chi connectivity index (χ3v) is 4.14. The maximum absolute atomic E-state index is 10.8. The summed E-state index contributed by atoms with van der Waals surface area (Å²) in [5.74, 6) is -1.08. The van der Waals surface area contributed by atoms with Crippen LogP contribution in [0.1, 0.15) is 30.3 Å². The van der Waals surface area contributed by atoms with E-state index in [4.69, 9.17) is 10.8 Å². The number of hydrogen-bond acceptors (Lipinski definition) is 5. The van der Waals surface area contributed by atoms with Crippen LogP contribution in [0.3, 0.4) is 0 Å². The Balaban J connectivity index is 2.06. The first-order chi connectivity index (χ1) is 9.47. The summed E-state index contributed by atoms with van der Waals surface area (Å²) in [6, 6.07) is 6.97. The minimum absolute atomic E-state index is 0.0724. The van der Waals surface area contributed by atoms with Crippen molar-refractivity contribution in [1.82, 2.24) is 4.98 Å². The van der Waals surface area contributed by atoms with Crippen molar-refractivity contribution in [3.05, 3.63) is 45.4 Å². The number of hydrogen-bond donors (Lipinski definition) is 3. The molecule has 0 saturated heterocycles. The second-order valence-corrected chi connectivity index (χ2v) is 6.08. The van der Waals surface area contributed by atoms with Gasteiger partial charge in [-0.25, -0.2) is 4.98 Å². The average molecular weight is 356 g/mol. The van der Waals surface area contributed by atoms with Crippen LogP contribution >= 0.6 is 27.3 Å². The Kier molecular flexibility index (Phi) is 4.74. The van der Waals surface area contributed by atoms with E-state index < -0.39 is 12.0 Å². The largest absolute Gasteiger partial charge is 0.480 e. The molecule has 2 atom stereocenters. The van der Waals surface area contributed by atoms with Crippen molar-refractivity contribution in [1.29, 1.82) is 0 Å². The molecule has 1 aromatic carbocycles. The first kappa shape index (κ1) is 15.0. The van der Waals surface area contributed by atoms with Crippen molar-refractivity contribution < 1.29 is 9.90 Å². The van der Waals surface area contributed by atoms with E-state index >= 15 is 0 Å². The molecule has 0 radical (unpaired) electrons. The zero-order valence-corrected chi connectivity index (χ0v) is 13.1. The normalized spacial score (nSPS) is 13.8. The average Bonchev–Trinajstić information content (AvgIpc) is 2.86. The van der Waals surface area contributed by atoms with E-state index in [9.17, 15) is 4.79 Å². The fourth-order valence-corrected chi connectivity index (χ4v) is 2.74. The Bertz CT molecular complexity index is 600. The van der Waals surface area contributed by atoms with Gasteiger partial charge in [0.15, 0.2) is 5.13 Å². The van der Waals surface area contributed by atoms with Crippen molar-refractivity contribution in [2.24, 2.45) is 5.73 Å². The number of aliphatic carboxylic acids is 1. The Labute approximate surface area is 129 Å². The molecule has 2 unspecified atom stereocenters. The predicted molar refractivity (Wildman–Crippen MR) is 82.9 cm³/mol. The maximum Gasteiger partial charge on any atom is 0.326 e. The molecule has 0 aliphatic rings. The fraction of sp³-hybridized carbons (Fsp3) is 0.231. The Hall–Kier alpha value is -1.44. The van der Waals surface area contributed by atoms with Crippen LogP contribution in [0.4, 0.5) is 5.13 Å². The molecule has 0 amide bonds. The lowest BCUT2D eigenvalue weighted by atomic mass is 10.1. The van der Waals surface area contributed by atoms with E-state index in [1.165, 1.54) is 11.3 Å². The van der Waals surface area contributed by atoms with E-state index in [-0.39, 0.29) is 6.04 Å². The quantitative estimate of drug-likeness (QED) is 0.766. The van der Waals surface area contributed by atoms with Crippen LogP contribution in [0.25, 0.3) is 0 Å². The summed E-state index contributed by atoms with van der Waals surface area (Å²) in [6.45, 7) is 2.02. The zero-order chi connectivity index (χ0) is 14.7. The van der Waals surface area contributed by atoms with Crippen molar-refractivity contribution >= 4 is 38.4 Å². The van der Waals surface area contributed by atoms with Crippen LogP contribution in [-0.2, 0) is 4.79 Å². The number of carboxylic acids is 1. The summed E-state index contributed by atoms with van der Waals surface area (Å²) in [5.41, 5.74) is 7.01. The molecule has 0 aliphatic carbocycles. The van der Waals surface area contributed by atoms with Gasteiger partial charge in [0.2, 0.25) is 0 Å². The number of thiazole rings is 1. The molecule has 20 heavy (non-hydrogen) atoms. The molecule has 0 spiro atoms. The van der Waals surface area contributed by atoms with Gasteiger partial charge in [-0.15, -0.1) is 11.3 Å². The van der Waals surface area contributed by atoms with Gasteiger partial charge >= 0.3 is 5.97 Å². The second-order valence-electron chi connectivity index (χ2n) is 4.31. The van der Waals surface area contributed by atoms with E-state index in [1.807, 2.05) is 31.2 Å². The molecular formula is C13H14BrN3O2S. The van der Waals surface area contributed by atoms with Crippen LogP contribution in [0, 0.1) is 0 Å². The van der Waals surface area contributed by atoms with Crippen LogP contribution < -0.4 is 11.1 Å². The molecule has 1 heterocycles. The molecule has 7 heteroatoms. The Morgan fingerprint density at radius 2 is 2.10 bits per heavy atom. The van der Waals surface area contributed by atoms with Crippen molar-refractivity contribution in [3.8, 4) is 0 Å². The highest BCUT2D eigenvalue weighted by atomic mass is 79.9. The summed E-state index contributed by atoms with van der Waals surface area (Å²) in [7, 11) is 0. The maximum atomic E-state index is 10.8. The number of carbonyl (C=O) groups is 1. The SMILES string of the molecule is CC(Nc1nc(C(N)C(=O)O)cs1)c1ccc(Br)cc1. The molecule has 0 aliphatic heterocycles. The predicted octanol–water partition coefficient (Wildman–Crippen LogP) is 3.16.